The van der Waals surface area contributed by atoms with Gasteiger partial charge in [-0.3, -0.25) is 14.2 Å². The van der Waals surface area contributed by atoms with Crippen LogP contribution >= 0.6 is 11.3 Å². The summed E-state index contributed by atoms with van der Waals surface area (Å²) in [6.07, 6.45) is 1.45. The second-order valence-corrected chi connectivity index (χ2v) is 6.63. The number of hydrogen-bond donors (Lipinski definition) is 0. The van der Waals surface area contributed by atoms with Gasteiger partial charge in [0.25, 0.3) is 5.56 Å². The molecule has 0 N–H and O–H groups in total. The van der Waals surface area contributed by atoms with Crippen molar-refractivity contribution in [2.75, 3.05) is 0 Å². The Morgan fingerprint density at radius 2 is 1.96 bits per heavy atom. The summed E-state index contributed by atoms with van der Waals surface area (Å²) in [5.74, 6) is -0.0688. The summed E-state index contributed by atoms with van der Waals surface area (Å²) in [7, 11) is 0. The fraction of sp³-hybridized carbons (Fsp3) is 0.105. The number of carbonyl (C=O) groups is 1. The van der Waals surface area contributed by atoms with Crippen molar-refractivity contribution in [3.63, 3.8) is 0 Å². The number of nitrogens with zero attached hydrogens (tertiary/aromatic N) is 2. The summed E-state index contributed by atoms with van der Waals surface area (Å²) >= 11 is 1.45. The smallest absolute Gasteiger partial charge is 0.263 e. The molecule has 2 heterocycles. The SMILES string of the molecule is CC(=O)Cn1cnc2scc(-c3ccc4ccccc4c3)c2c1=O. The number of hydrogen-bond acceptors (Lipinski definition) is 4. The van der Waals surface area contributed by atoms with Crippen molar-refractivity contribution in [1.82, 2.24) is 9.55 Å². The van der Waals surface area contributed by atoms with Gasteiger partial charge in [0.05, 0.1) is 18.3 Å². The zero-order valence-corrected chi connectivity index (χ0v) is 13.8. The van der Waals surface area contributed by atoms with Crippen molar-refractivity contribution < 1.29 is 4.79 Å². The predicted molar refractivity (Wildman–Crippen MR) is 97.5 cm³/mol. The fourth-order valence-corrected chi connectivity index (χ4v) is 3.80. The third kappa shape index (κ3) is 2.43. The molecule has 0 aliphatic rings. The van der Waals surface area contributed by atoms with Gasteiger partial charge in [-0.05, 0) is 29.3 Å². The average molecular weight is 334 g/mol. The first-order valence-corrected chi connectivity index (χ1v) is 8.47. The highest BCUT2D eigenvalue weighted by molar-refractivity contribution is 7.17. The molecule has 0 amide bonds. The standard InChI is InChI=1S/C19H14N2O2S/c1-12(22)9-21-11-20-18-17(19(21)23)16(10-24-18)15-7-6-13-4-2-3-5-14(13)8-15/h2-8,10-11H,9H2,1H3. The molecule has 0 bridgehead atoms. The third-order valence-corrected chi connectivity index (χ3v) is 4.90. The normalized spacial score (nSPS) is 11.2. The maximum Gasteiger partial charge on any atom is 0.263 e. The Morgan fingerprint density at radius 1 is 1.17 bits per heavy atom. The largest absolute Gasteiger partial charge is 0.298 e. The van der Waals surface area contributed by atoms with Gasteiger partial charge in [-0.15, -0.1) is 11.3 Å². The predicted octanol–water partition coefficient (Wildman–Crippen LogP) is 3.87. The lowest BCUT2D eigenvalue weighted by atomic mass is 10.0. The van der Waals surface area contributed by atoms with Gasteiger partial charge in [0, 0.05) is 10.9 Å². The van der Waals surface area contributed by atoms with Crippen LogP contribution in [0.5, 0.6) is 0 Å². The van der Waals surface area contributed by atoms with E-state index in [9.17, 15) is 9.59 Å². The van der Waals surface area contributed by atoms with Crippen molar-refractivity contribution in [3.8, 4) is 11.1 Å². The maximum atomic E-state index is 12.8. The molecule has 0 unspecified atom stereocenters. The minimum absolute atomic E-state index is 0.0504. The van der Waals surface area contributed by atoms with E-state index >= 15 is 0 Å². The van der Waals surface area contributed by atoms with Crippen LogP contribution in [0, 0.1) is 0 Å². The molecular formula is C19H14N2O2S. The lowest BCUT2D eigenvalue weighted by Crippen LogP contribution is -2.23. The Kier molecular flexibility index (Phi) is 3.50. The summed E-state index contributed by atoms with van der Waals surface area (Å²) in [5, 5.41) is 4.83. The van der Waals surface area contributed by atoms with E-state index in [1.165, 1.54) is 29.2 Å². The van der Waals surface area contributed by atoms with E-state index in [4.69, 9.17) is 0 Å². The number of benzene rings is 2. The molecule has 4 nitrogen and oxygen atoms in total. The van der Waals surface area contributed by atoms with Crippen LogP contribution in [0.2, 0.25) is 0 Å². The van der Waals surface area contributed by atoms with E-state index in [2.05, 4.69) is 29.2 Å². The van der Waals surface area contributed by atoms with E-state index < -0.39 is 0 Å². The monoisotopic (exact) mass is 334 g/mol. The number of fused-ring (bicyclic) bond motifs is 2. The highest BCUT2D eigenvalue weighted by Crippen LogP contribution is 2.32. The number of rotatable bonds is 3. The zero-order valence-electron chi connectivity index (χ0n) is 13.0. The molecule has 0 spiro atoms. The van der Waals surface area contributed by atoms with Crippen molar-refractivity contribution in [3.05, 3.63) is 64.5 Å². The van der Waals surface area contributed by atoms with Crippen LogP contribution in [-0.2, 0) is 11.3 Å². The number of thiophene rings is 1. The van der Waals surface area contributed by atoms with Crippen LogP contribution in [-0.4, -0.2) is 15.3 Å². The first kappa shape index (κ1) is 14.8. The minimum Gasteiger partial charge on any atom is -0.298 e. The Morgan fingerprint density at radius 3 is 2.75 bits per heavy atom. The Hall–Kier alpha value is -2.79. The second-order valence-electron chi connectivity index (χ2n) is 5.77. The van der Waals surface area contributed by atoms with E-state index in [-0.39, 0.29) is 17.9 Å². The molecule has 2 aromatic carbocycles. The molecule has 2 aromatic heterocycles. The number of Topliss-reactive ketones (excluding diaryl/α,β-unsaturated/α-hetero) is 1. The molecule has 0 saturated heterocycles. The quantitative estimate of drug-likeness (QED) is 0.571. The molecule has 0 saturated carbocycles. The Bertz CT molecular complexity index is 1140. The number of aromatic nitrogens is 2. The van der Waals surface area contributed by atoms with Gasteiger partial charge in [0.2, 0.25) is 0 Å². The second kappa shape index (κ2) is 5.69. The first-order valence-electron chi connectivity index (χ1n) is 7.59. The van der Waals surface area contributed by atoms with E-state index in [1.54, 1.807) is 0 Å². The molecule has 0 aliphatic carbocycles. The average Bonchev–Trinajstić information content (AvgIpc) is 3.01. The third-order valence-electron chi connectivity index (χ3n) is 4.01. The highest BCUT2D eigenvalue weighted by Gasteiger charge is 2.14. The first-order chi connectivity index (χ1) is 11.6. The van der Waals surface area contributed by atoms with Crippen molar-refractivity contribution in [1.29, 1.82) is 0 Å². The fourth-order valence-electron chi connectivity index (χ4n) is 2.89. The summed E-state index contributed by atoms with van der Waals surface area (Å²) in [6.45, 7) is 1.52. The molecule has 0 fully saturated rings. The molecule has 5 heteroatoms. The molecule has 0 aliphatic heterocycles. The van der Waals surface area contributed by atoms with E-state index in [0.717, 1.165) is 21.9 Å². The lowest BCUT2D eigenvalue weighted by Gasteiger charge is -2.05. The Balaban J connectivity index is 1.95. The zero-order chi connectivity index (χ0) is 16.7. The minimum atomic E-state index is -0.167. The topological polar surface area (TPSA) is 52.0 Å². The Labute approximate surface area is 142 Å². The van der Waals surface area contributed by atoms with Crippen LogP contribution in [0.15, 0.2) is 59.0 Å². The van der Waals surface area contributed by atoms with Crippen LogP contribution < -0.4 is 5.56 Å². The molecule has 4 rings (SSSR count). The number of carbonyl (C=O) groups excluding carboxylic acids is 1. The molecule has 0 atom stereocenters. The van der Waals surface area contributed by atoms with E-state index in [1.807, 2.05) is 23.6 Å². The van der Waals surface area contributed by atoms with Crippen LogP contribution in [0.3, 0.4) is 0 Å². The molecule has 4 aromatic rings. The van der Waals surface area contributed by atoms with Gasteiger partial charge in [-0.25, -0.2) is 4.98 Å². The van der Waals surface area contributed by atoms with E-state index in [0.29, 0.717) is 10.2 Å². The van der Waals surface area contributed by atoms with Crippen LogP contribution in [0.25, 0.3) is 32.1 Å². The molecule has 0 radical (unpaired) electrons. The van der Waals surface area contributed by atoms with Gasteiger partial charge >= 0.3 is 0 Å². The molecule has 24 heavy (non-hydrogen) atoms. The van der Waals surface area contributed by atoms with Gasteiger partial charge in [-0.1, -0.05) is 36.4 Å². The maximum absolute atomic E-state index is 12.8. The van der Waals surface area contributed by atoms with Crippen molar-refractivity contribution in [2.24, 2.45) is 0 Å². The molecule has 118 valence electrons. The van der Waals surface area contributed by atoms with Gasteiger partial charge in [-0.2, -0.15) is 0 Å². The van der Waals surface area contributed by atoms with Gasteiger partial charge in [0.15, 0.2) is 0 Å². The highest BCUT2D eigenvalue weighted by atomic mass is 32.1. The van der Waals surface area contributed by atoms with Gasteiger partial charge < -0.3 is 0 Å². The van der Waals surface area contributed by atoms with Crippen molar-refractivity contribution in [2.45, 2.75) is 13.5 Å². The van der Waals surface area contributed by atoms with Crippen LogP contribution in [0.1, 0.15) is 6.92 Å². The van der Waals surface area contributed by atoms with Gasteiger partial charge in [0.1, 0.15) is 10.6 Å². The molecular weight excluding hydrogens is 320 g/mol. The summed E-state index contributed by atoms with van der Waals surface area (Å²) in [4.78, 5) is 29.1. The lowest BCUT2D eigenvalue weighted by molar-refractivity contribution is -0.117. The van der Waals surface area contributed by atoms with Crippen molar-refractivity contribution >= 4 is 38.1 Å². The summed E-state index contributed by atoms with van der Waals surface area (Å²) < 4.78 is 1.38. The number of ketones is 1. The summed E-state index contributed by atoms with van der Waals surface area (Å²) in [5.41, 5.74) is 1.69. The van der Waals surface area contributed by atoms with Crippen LogP contribution in [0.4, 0.5) is 0 Å². The summed E-state index contributed by atoms with van der Waals surface area (Å²) in [6, 6.07) is 14.3.